The van der Waals surface area contributed by atoms with Crippen molar-refractivity contribution >= 4 is 0 Å². The van der Waals surface area contributed by atoms with Crippen LogP contribution in [-0.2, 0) is 4.74 Å². The van der Waals surface area contributed by atoms with Crippen LogP contribution in [-0.4, -0.2) is 50.0 Å². The number of ether oxygens (including phenoxy) is 1. The molecular weight excluding hydrogens is 238 g/mol. The molecule has 3 nitrogen and oxygen atoms in total. The summed E-state index contributed by atoms with van der Waals surface area (Å²) in [4.78, 5) is 2.50. The highest BCUT2D eigenvalue weighted by atomic mass is 16.5. The Balaban J connectivity index is 0. The summed E-state index contributed by atoms with van der Waals surface area (Å²) >= 11 is 0. The van der Waals surface area contributed by atoms with Crippen molar-refractivity contribution in [2.24, 2.45) is 0 Å². The smallest absolute Gasteiger partial charge is 0.0474 e. The lowest BCUT2D eigenvalue weighted by molar-refractivity contribution is 0.170. The summed E-state index contributed by atoms with van der Waals surface area (Å²) in [7, 11) is 1.76. The molecule has 0 aliphatic heterocycles. The Kier molecular flexibility index (Phi) is 22.5. The summed E-state index contributed by atoms with van der Waals surface area (Å²) < 4.78 is 5.05. The van der Waals surface area contributed by atoms with Crippen molar-refractivity contribution in [1.82, 2.24) is 4.90 Å². The molecule has 118 valence electrons. The largest absolute Gasteiger partial charge is 0.396 e. The fourth-order valence-electron chi connectivity index (χ4n) is 1.71. The maximum Gasteiger partial charge on any atom is 0.0474 e. The maximum absolute atomic E-state index is 8.68. The van der Waals surface area contributed by atoms with Gasteiger partial charge in [-0.1, -0.05) is 33.6 Å². The molecule has 0 saturated heterocycles. The topological polar surface area (TPSA) is 32.7 Å². The average molecular weight is 275 g/mol. The van der Waals surface area contributed by atoms with Crippen LogP contribution < -0.4 is 0 Å². The van der Waals surface area contributed by atoms with Crippen LogP contribution >= 0.6 is 0 Å². The van der Waals surface area contributed by atoms with Crippen molar-refractivity contribution in [3.05, 3.63) is 0 Å². The van der Waals surface area contributed by atoms with Crippen LogP contribution in [0.15, 0.2) is 0 Å². The Morgan fingerprint density at radius 2 is 1.42 bits per heavy atom. The van der Waals surface area contributed by atoms with Gasteiger partial charge in [0.25, 0.3) is 0 Å². The molecule has 0 aliphatic carbocycles. The molecule has 0 rings (SSSR count). The van der Waals surface area contributed by atoms with Gasteiger partial charge in [0.1, 0.15) is 0 Å². The van der Waals surface area contributed by atoms with Crippen LogP contribution in [0, 0.1) is 0 Å². The van der Waals surface area contributed by atoms with Crippen LogP contribution in [0.1, 0.15) is 65.7 Å². The number of unbranched alkanes of at least 4 members (excludes halogenated alkanes) is 3. The molecule has 0 aliphatic rings. The highest BCUT2D eigenvalue weighted by Gasteiger charge is 2.02. The molecule has 0 bridgehead atoms. The predicted molar refractivity (Wildman–Crippen MR) is 84.7 cm³/mol. The second kappa shape index (κ2) is 20.2. The van der Waals surface area contributed by atoms with Gasteiger partial charge in [0.05, 0.1) is 0 Å². The number of aliphatic hydroxyl groups is 1. The van der Waals surface area contributed by atoms with Crippen LogP contribution in [0.5, 0.6) is 0 Å². The molecule has 1 N–H and O–H groups in total. The van der Waals surface area contributed by atoms with E-state index >= 15 is 0 Å². The minimum absolute atomic E-state index is 0.331. The SMILES string of the molecule is CCCC.CCCN(CCCCCO)CCCOC. The third kappa shape index (κ3) is 20.4. The van der Waals surface area contributed by atoms with Crippen molar-refractivity contribution in [3.63, 3.8) is 0 Å². The summed E-state index contributed by atoms with van der Waals surface area (Å²) in [5, 5.41) is 8.68. The van der Waals surface area contributed by atoms with E-state index in [0.717, 1.165) is 39.0 Å². The molecule has 0 atom stereocenters. The summed E-state index contributed by atoms with van der Waals surface area (Å²) in [6.45, 7) is 11.3. The van der Waals surface area contributed by atoms with Crippen LogP contribution in [0.2, 0.25) is 0 Å². The zero-order valence-corrected chi connectivity index (χ0v) is 13.8. The zero-order chi connectivity index (χ0) is 14.8. The molecule has 0 spiro atoms. The molecule has 3 heteroatoms. The Bertz CT molecular complexity index is 141. The standard InChI is InChI=1S/C12H27NO2.C4H10/c1-3-8-13(10-7-12-15-2)9-5-4-6-11-14;1-3-4-2/h14H,3-12H2,1-2H3;3-4H2,1-2H3. The number of aliphatic hydroxyl groups excluding tert-OH is 1. The number of rotatable bonds is 12. The fraction of sp³-hybridized carbons (Fsp3) is 1.00. The van der Waals surface area contributed by atoms with Crippen molar-refractivity contribution in [2.75, 3.05) is 40.0 Å². The molecule has 0 fully saturated rings. The highest BCUT2D eigenvalue weighted by Crippen LogP contribution is 2.01. The summed E-state index contributed by atoms with van der Waals surface area (Å²) in [5.41, 5.74) is 0. The highest BCUT2D eigenvalue weighted by molar-refractivity contribution is 4.57. The number of methoxy groups -OCH3 is 1. The molecule has 0 radical (unpaired) electrons. The van der Waals surface area contributed by atoms with E-state index in [1.807, 2.05) is 0 Å². The van der Waals surface area contributed by atoms with E-state index in [9.17, 15) is 0 Å². The monoisotopic (exact) mass is 275 g/mol. The minimum Gasteiger partial charge on any atom is -0.396 e. The molecule has 0 heterocycles. The van der Waals surface area contributed by atoms with Crippen molar-refractivity contribution < 1.29 is 9.84 Å². The summed E-state index contributed by atoms with van der Waals surface area (Å²) in [6, 6.07) is 0. The van der Waals surface area contributed by atoms with E-state index < -0.39 is 0 Å². The van der Waals surface area contributed by atoms with Gasteiger partial charge in [-0.2, -0.15) is 0 Å². The van der Waals surface area contributed by atoms with Crippen molar-refractivity contribution in [1.29, 1.82) is 0 Å². The van der Waals surface area contributed by atoms with E-state index in [2.05, 4.69) is 25.7 Å². The van der Waals surface area contributed by atoms with E-state index in [-0.39, 0.29) is 0 Å². The van der Waals surface area contributed by atoms with E-state index in [1.165, 1.54) is 32.2 Å². The molecule has 0 amide bonds. The third-order valence-corrected chi connectivity index (χ3v) is 3.00. The lowest BCUT2D eigenvalue weighted by Gasteiger charge is -2.21. The maximum atomic E-state index is 8.68. The summed E-state index contributed by atoms with van der Waals surface area (Å²) in [5.74, 6) is 0. The molecule has 0 aromatic carbocycles. The van der Waals surface area contributed by atoms with Crippen LogP contribution in [0.3, 0.4) is 0 Å². The molecular formula is C16H37NO2. The fourth-order valence-corrected chi connectivity index (χ4v) is 1.71. The van der Waals surface area contributed by atoms with Gasteiger partial charge in [0, 0.05) is 26.9 Å². The van der Waals surface area contributed by atoms with Crippen LogP contribution in [0.25, 0.3) is 0 Å². The van der Waals surface area contributed by atoms with Gasteiger partial charge in [0.15, 0.2) is 0 Å². The predicted octanol–water partition coefficient (Wildman–Crippen LogP) is 3.70. The first-order valence-corrected chi connectivity index (χ1v) is 8.08. The Morgan fingerprint density at radius 1 is 0.789 bits per heavy atom. The molecule has 19 heavy (non-hydrogen) atoms. The van der Waals surface area contributed by atoms with Gasteiger partial charge in [-0.25, -0.2) is 0 Å². The molecule has 0 aromatic heterocycles. The number of hydrogen-bond acceptors (Lipinski definition) is 3. The number of hydrogen-bond donors (Lipinski definition) is 1. The van der Waals surface area contributed by atoms with Gasteiger partial charge in [-0.15, -0.1) is 0 Å². The second-order valence-corrected chi connectivity index (χ2v) is 4.97. The molecule has 0 unspecified atom stereocenters. The molecule has 0 aromatic rings. The first-order valence-electron chi connectivity index (χ1n) is 8.08. The van der Waals surface area contributed by atoms with Crippen molar-refractivity contribution in [3.8, 4) is 0 Å². The normalized spacial score (nSPS) is 10.4. The zero-order valence-electron chi connectivity index (χ0n) is 13.8. The quantitative estimate of drug-likeness (QED) is 0.551. The third-order valence-electron chi connectivity index (χ3n) is 3.00. The Labute approximate surface area is 121 Å². The van der Waals surface area contributed by atoms with Crippen LogP contribution in [0.4, 0.5) is 0 Å². The summed E-state index contributed by atoms with van der Waals surface area (Å²) in [6.07, 6.45) is 8.26. The van der Waals surface area contributed by atoms with Gasteiger partial charge in [0.2, 0.25) is 0 Å². The first kappa shape index (κ1) is 21.2. The lowest BCUT2D eigenvalue weighted by atomic mass is 10.2. The molecule has 0 saturated carbocycles. The first-order chi connectivity index (χ1) is 9.26. The van der Waals surface area contributed by atoms with Gasteiger partial charge >= 0.3 is 0 Å². The van der Waals surface area contributed by atoms with E-state index in [4.69, 9.17) is 9.84 Å². The second-order valence-electron chi connectivity index (χ2n) is 4.97. The minimum atomic E-state index is 0.331. The van der Waals surface area contributed by atoms with E-state index in [1.54, 1.807) is 7.11 Å². The van der Waals surface area contributed by atoms with E-state index in [0.29, 0.717) is 6.61 Å². The number of nitrogens with zero attached hydrogens (tertiary/aromatic N) is 1. The lowest BCUT2D eigenvalue weighted by Crippen LogP contribution is -2.27. The average Bonchev–Trinajstić information content (AvgIpc) is 2.44. The van der Waals surface area contributed by atoms with Gasteiger partial charge in [-0.3, -0.25) is 0 Å². The Hall–Kier alpha value is -0.120. The Morgan fingerprint density at radius 3 is 1.89 bits per heavy atom. The van der Waals surface area contributed by atoms with Crippen molar-refractivity contribution in [2.45, 2.75) is 65.7 Å². The van der Waals surface area contributed by atoms with Gasteiger partial charge < -0.3 is 14.7 Å². The van der Waals surface area contributed by atoms with Gasteiger partial charge in [-0.05, 0) is 45.2 Å².